The van der Waals surface area contributed by atoms with Crippen LogP contribution in [-0.2, 0) is 5.41 Å². The van der Waals surface area contributed by atoms with Crippen LogP contribution in [0.2, 0.25) is 0 Å². The number of para-hydroxylation sites is 11. The van der Waals surface area contributed by atoms with Crippen molar-refractivity contribution < 1.29 is 0 Å². The van der Waals surface area contributed by atoms with E-state index in [2.05, 4.69) is 538 Å². The van der Waals surface area contributed by atoms with Crippen molar-refractivity contribution in [3.63, 3.8) is 0 Å². The normalized spacial score (nSPS) is 12.0. The molecule has 1 spiro atoms. The van der Waals surface area contributed by atoms with Gasteiger partial charge in [0.15, 0.2) is 0 Å². The van der Waals surface area contributed by atoms with Gasteiger partial charge in [-0.15, -0.1) is 0 Å². The van der Waals surface area contributed by atoms with Gasteiger partial charge in [0.1, 0.15) is 0 Å². The van der Waals surface area contributed by atoms with Gasteiger partial charge in [0.05, 0.1) is 56.6 Å². The van der Waals surface area contributed by atoms with Gasteiger partial charge < -0.3 is 34.3 Å². The van der Waals surface area contributed by atoms with E-state index in [-0.39, 0.29) is 0 Å². The molecule has 0 radical (unpaired) electrons. The quantitative estimate of drug-likeness (QED) is 0.0706. The van der Waals surface area contributed by atoms with Crippen LogP contribution in [0.25, 0.3) is 33.4 Å². The summed E-state index contributed by atoms with van der Waals surface area (Å²) >= 11 is 0. The molecule has 0 N–H and O–H groups in total. The zero-order valence-electron chi connectivity index (χ0n) is 67.1. The van der Waals surface area contributed by atoms with Crippen LogP contribution in [-0.4, -0.2) is 0 Å². The highest BCUT2D eigenvalue weighted by atomic mass is 15.2. The van der Waals surface area contributed by atoms with Crippen LogP contribution < -0.4 is 34.3 Å². The molecule has 2 aliphatic rings. The number of anilines is 21. The molecule has 21 rings (SSSR count). The van der Waals surface area contributed by atoms with Gasteiger partial charge in [-0.2, -0.15) is 0 Å². The average molecular weight is 1560 g/mol. The minimum atomic E-state index is -0.898. The lowest BCUT2D eigenvalue weighted by molar-refractivity contribution is 0.753. The summed E-state index contributed by atoms with van der Waals surface area (Å²) in [5.41, 5.74) is 31.4. The highest BCUT2D eigenvalue weighted by Crippen LogP contribution is 2.66. The van der Waals surface area contributed by atoms with Crippen molar-refractivity contribution in [2.45, 2.75) is 5.41 Å². The monoisotopic (exact) mass is 1560 g/mol. The molecule has 122 heavy (non-hydrogen) atoms. The van der Waals surface area contributed by atoms with Crippen LogP contribution in [0.15, 0.2) is 504 Å². The van der Waals surface area contributed by atoms with Crippen molar-refractivity contribution >= 4 is 119 Å². The van der Waals surface area contributed by atoms with Gasteiger partial charge in [0.25, 0.3) is 0 Å². The van der Waals surface area contributed by atoms with Gasteiger partial charge in [-0.25, -0.2) is 0 Å². The van der Waals surface area contributed by atoms with Crippen LogP contribution in [0, 0.1) is 0 Å². The smallest absolute Gasteiger partial charge is 0.0754 e. The van der Waals surface area contributed by atoms with Crippen LogP contribution in [0.4, 0.5) is 119 Å². The molecule has 0 aromatic heterocycles. The predicted octanol–water partition coefficient (Wildman–Crippen LogP) is 32.0. The molecule has 19 aromatic carbocycles. The summed E-state index contributed by atoms with van der Waals surface area (Å²) in [4.78, 5) is 17.2. The van der Waals surface area contributed by atoms with Gasteiger partial charge in [-0.3, -0.25) is 0 Å². The molecular formula is C115H83N7. The van der Waals surface area contributed by atoms with Crippen molar-refractivity contribution in [2.24, 2.45) is 0 Å². The minimum Gasteiger partial charge on any atom is -0.310 e. The molecule has 0 atom stereocenters. The molecule has 1 aliphatic carbocycles. The Morgan fingerprint density at radius 3 is 0.574 bits per heavy atom. The third-order valence-electron chi connectivity index (χ3n) is 23.6. The third kappa shape index (κ3) is 13.4. The number of rotatable bonds is 21. The first-order chi connectivity index (χ1) is 60.6. The zero-order valence-corrected chi connectivity index (χ0v) is 67.1. The van der Waals surface area contributed by atoms with Gasteiger partial charge in [-0.1, -0.05) is 322 Å². The van der Waals surface area contributed by atoms with E-state index in [0.717, 1.165) is 153 Å². The molecule has 1 heterocycles. The number of benzene rings is 19. The first-order valence-electron chi connectivity index (χ1n) is 41.7. The summed E-state index contributed by atoms with van der Waals surface area (Å²) < 4.78 is 0. The molecule has 0 saturated heterocycles. The summed E-state index contributed by atoms with van der Waals surface area (Å²) in [6.07, 6.45) is 0. The van der Waals surface area contributed by atoms with Crippen LogP contribution in [0.5, 0.6) is 0 Å². The second-order valence-corrected chi connectivity index (χ2v) is 30.8. The highest BCUT2D eigenvalue weighted by Gasteiger charge is 2.53. The molecule has 7 heteroatoms. The predicted molar refractivity (Wildman–Crippen MR) is 511 cm³/mol. The van der Waals surface area contributed by atoms with Crippen molar-refractivity contribution in [3.05, 3.63) is 526 Å². The van der Waals surface area contributed by atoms with Crippen LogP contribution >= 0.6 is 0 Å². The topological polar surface area (TPSA) is 22.7 Å². The maximum absolute atomic E-state index is 2.66. The summed E-state index contributed by atoms with van der Waals surface area (Å²) in [6.45, 7) is 0. The Morgan fingerprint density at radius 2 is 0.336 bits per heavy atom. The Labute approximate surface area is 713 Å². The first kappa shape index (κ1) is 73.4. The second kappa shape index (κ2) is 32.3. The van der Waals surface area contributed by atoms with Gasteiger partial charge in [-0.05, 0) is 226 Å². The van der Waals surface area contributed by atoms with Crippen molar-refractivity contribution in [1.82, 2.24) is 0 Å². The maximum atomic E-state index is 2.66. The molecule has 0 amide bonds. The minimum absolute atomic E-state index is 0.898. The number of nitrogens with zero attached hydrogens (tertiary/aromatic N) is 7. The fourth-order valence-corrected chi connectivity index (χ4v) is 18.5. The largest absolute Gasteiger partial charge is 0.310 e. The third-order valence-corrected chi connectivity index (χ3v) is 23.6. The van der Waals surface area contributed by atoms with E-state index >= 15 is 0 Å². The number of hydrogen-bond acceptors (Lipinski definition) is 7. The van der Waals surface area contributed by atoms with E-state index in [1.54, 1.807) is 0 Å². The van der Waals surface area contributed by atoms with E-state index in [1.165, 1.54) is 22.3 Å². The summed E-state index contributed by atoms with van der Waals surface area (Å²) in [7, 11) is 0. The molecule has 19 aromatic rings. The lowest BCUT2D eigenvalue weighted by atomic mass is 9.64. The SMILES string of the molecule is c1ccc(-c2cccc(-c3ccccc3)c2N2c3cc(N(c4ccccc4)c4cc(N(c5ccccc5)c5ccccc5)cc(N(c5ccccc5)c5ccccc5)c4)ccc3C3(c4ccccc4-c4ccccc43)c3ccc(N(c4ccccc4)c4cc(N(c5ccccc5)c5ccccc5)cc(N(c5ccccc5)c5ccccc5)c4)cc32)cc1. The van der Waals surface area contributed by atoms with Crippen LogP contribution in [0.3, 0.4) is 0 Å². The molecule has 0 unspecified atom stereocenters. The molecule has 7 nitrogen and oxygen atoms in total. The van der Waals surface area contributed by atoms with Crippen molar-refractivity contribution in [3.8, 4) is 33.4 Å². The molecule has 578 valence electrons. The second-order valence-electron chi connectivity index (χ2n) is 30.8. The highest BCUT2D eigenvalue weighted by molar-refractivity contribution is 6.05. The molecule has 0 bridgehead atoms. The van der Waals surface area contributed by atoms with E-state index in [1.807, 2.05) is 0 Å². The molecular weight excluding hydrogens is 1480 g/mol. The summed E-state index contributed by atoms with van der Waals surface area (Å²) in [5.74, 6) is 0. The Kier molecular flexibility index (Phi) is 19.5. The lowest BCUT2D eigenvalue weighted by Crippen LogP contribution is -2.36. The first-order valence-corrected chi connectivity index (χ1v) is 41.7. The van der Waals surface area contributed by atoms with Gasteiger partial charge >= 0.3 is 0 Å². The Hall–Kier alpha value is -16.2. The molecule has 0 fully saturated rings. The maximum Gasteiger partial charge on any atom is 0.0754 e. The molecule has 1 aliphatic heterocycles. The van der Waals surface area contributed by atoms with Crippen LogP contribution in [0.1, 0.15) is 22.3 Å². The van der Waals surface area contributed by atoms with E-state index < -0.39 is 5.41 Å². The summed E-state index contributed by atoms with van der Waals surface area (Å²) in [5, 5.41) is 0. The zero-order chi connectivity index (χ0) is 81.1. The summed E-state index contributed by atoms with van der Waals surface area (Å²) in [6, 6.07) is 184. The fraction of sp³-hybridized carbons (Fsp3) is 0.00870. The van der Waals surface area contributed by atoms with Crippen molar-refractivity contribution in [1.29, 1.82) is 0 Å². The Morgan fingerprint density at radius 1 is 0.139 bits per heavy atom. The average Bonchev–Trinajstić information content (AvgIpc) is 1.23. The van der Waals surface area contributed by atoms with Gasteiger partial charge in [0, 0.05) is 79.4 Å². The van der Waals surface area contributed by atoms with E-state index in [4.69, 9.17) is 0 Å². The van der Waals surface area contributed by atoms with E-state index in [0.29, 0.717) is 0 Å². The Bertz CT molecular complexity index is 6100. The van der Waals surface area contributed by atoms with E-state index in [9.17, 15) is 0 Å². The standard InChI is InChI=1S/C115H83N7/c1-13-42-84(43-14-1)104-68-41-69-105(85-44-15-2-16-45-85)114(104)122-112-82-96(120(94-62-33-11-34-63-94)102-78-98(116(86-46-17-3-18-47-86)87-48-19-4-20-49-87)76-99(79-102)117(88-50-21-5-22-51-88)89-52-23-6-24-53-89)72-74-110(112)115(108-70-39-37-66-106(108)107-67-38-40-71-109(107)115)111-75-73-97(83-113(111)122)121(95-64-35-12-36-65-95)103-80-100(118(90-54-25-7-26-55-90)91-56-27-8-28-57-91)77-101(81-103)119(92-58-29-9-30-59-92)93-60-31-10-32-61-93/h1-83H. The lowest BCUT2D eigenvalue weighted by Gasteiger charge is -2.47. The number of hydrogen-bond donors (Lipinski definition) is 0. The molecule has 0 saturated carbocycles. The van der Waals surface area contributed by atoms with Crippen molar-refractivity contribution in [2.75, 3.05) is 34.3 Å². The Balaban J connectivity index is 0.883. The van der Waals surface area contributed by atoms with Gasteiger partial charge in [0.2, 0.25) is 0 Å². The fourth-order valence-electron chi connectivity index (χ4n) is 18.5. The number of fused-ring (bicyclic) bond motifs is 9.